The first-order valence-corrected chi connectivity index (χ1v) is 11.5. The Morgan fingerprint density at radius 1 is 1.06 bits per heavy atom. The van der Waals surface area contributed by atoms with Crippen LogP contribution in [0.15, 0.2) is 48.5 Å². The van der Waals surface area contributed by atoms with Crippen molar-refractivity contribution in [1.82, 2.24) is 10.6 Å². The highest BCUT2D eigenvalue weighted by molar-refractivity contribution is 5.87. The van der Waals surface area contributed by atoms with Gasteiger partial charge in [-0.15, -0.1) is 0 Å². The van der Waals surface area contributed by atoms with Crippen molar-refractivity contribution in [3.05, 3.63) is 59.7 Å². The number of rotatable bonds is 9. The molecule has 4 atom stereocenters. The van der Waals surface area contributed by atoms with Crippen LogP contribution in [0.2, 0.25) is 0 Å². The van der Waals surface area contributed by atoms with Gasteiger partial charge in [0.25, 0.3) is 0 Å². The summed E-state index contributed by atoms with van der Waals surface area (Å²) in [6.45, 7) is 4.27. The Hall–Kier alpha value is -3.35. The van der Waals surface area contributed by atoms with E-state index < -0.39 is 18.1 Å². The molecule has 0 radical (unpaired) electrons. The molecule has 0 bridgehead atoms. The average Bonchev–Trinajstić information content (AvgIpc) is 3.54. The monoisotopic (exact) mass is 450 g/mol. The number of carbonyl (C=O) groups excluding carboxylic acids is 2. The Kier molecular flexibility index (Phi) is 6.67. The third kappa shape index (κ3) is 4.87. The molecule has 0 aromatic heterocycles. The van der Waals surface area contributed by atoms with Crippen LogP contribution in [-0.2, 0) is 14.3 Å². The summed E-state index contributed by atoms with van der Waals surface area (Å²) >= 11 is 0. The van der Waals surface area contributed by atoms with E-state index in [1.54, 1.807) is 0 Å². The van der Waals surface area contributed by atoms with Crippen molar-refractivity contribution in [2.24, 2.45) is 17.8 Å². The molecular formula is C26H30N2O5. The summed E-state index contributed by atoms with van der Waals surface area (Å²) in [5, 5.41) is 14.8. The fraction of sp³-hybridized carbons (Fsp3) is 0.423. The normalized spacial score (nSPS) is 20.2. The minimum Gasteiger partial charge on any atom is -0.480 e. The molecular weight excluding hydrogens is 420 g/mol. The summed E-state index contributed by atoms with van der Waals surface area (Å²) in [6, 6.07) is 15.4. The van der Waals surface area contributed by atoms with Crippen molar-refractivity contribution in [1.29, 1.82) is 0 Å². The quantitative estimate of drug-likeness (QED) is 0.539. The second kappa shape index (κ2) is 9.65. The Morgan fingerprint density at radius 2 is 1.67 bits per heavy atom. The summed E-state index contributed by atoms with van der Waals surface area (Å²) < 4.78 is 5.53. The first kappa shape index (κ1) is 22.8. The Labute approximate surface area is 193 Å². The van der Waals surface area contributed by atoms with E-state index in [9.17, 15) is 19.5 Å². The SMILES string of the molecule is CCC(C)[C@H](NC(=O)C1CC1CNC(=O)OCC1c2ccccc2-c2ccccc21)C(=O)O. The number of hydrogen-bond acceptors (Lipinski definition) is 4. The molecule has 3 N–H and O–H groups in total. The van der Waals surface area contributed by atoms with E-state index in [4.69, 9.17) is 4.74 Å². The van der Waals surface area contributed by atoms with Crippen molar-refractivity contribution in [3.63, 3.8) is 0 Å². The van der Waals surface area contributed by atoms with Gasteiger partial charge in [-0.05, 0) is 40.5 Å². The zero-order chi connectivity index (χ0) is 23.5. The van der Waals surface area contributed by atoms with Crippen LogP contribution >= 0.6 is 0 Å². The van der Waals surface area contributed by atoms with Crippen LogP contribution in [0.4, 0.5) is 4.79 Å². The molecule has 2 aromatic carbocycles. The van der Waals surface area contributed by atoms with E-state index in [2.05, 4.69) is 34.9 Å². The van der Waals surface area contributed by atoms with Gasteiger partial charge in [0.1, 0.15) is 12.6 Å². The molecule has 2 amide bonds. The van der Waals surface area contributed by atoms with E-state index in [0.29, 0.717) is 19.4 Å². The summed E-state index contributed by atoms with van der Waals surface area (Å²) in [4.78, 5) is 36.1. The zero-order valence-electron chi connectivity index (χ0n) is 18.9. The third-order valence-electron chi connectivity index (χ3n) is 6.89. The van der Waals surface area contributed by atoms with E-state index in [0.717, 1.165) is 11.1 Å². The zero-order valence-corrected chi connectivity index (χ0v) is 18.9. The van der Waals surface area contributed by atoms with Crippen LogP contribution in [0.1, 0.15) is 43.7 Å². The minimum atomic E-state index is -1.02. The molecule has 2 aliphatic carbocycles. The molecule has 0 saturated heterocycles. The van der Waals surface area contributed by atoms with Crippen molar-refractivity contribution in [2.45, 2.75) is 38.6 Å². The maximum atomic E-state index is 12.4. The highest BCUT2D eigenvalue weighted by Gasteiger charge is 2.44. The summed E-state index contributed by atoms with van der Waals surface area (Å²) in [5.74, 6) is -1.71. The molecule has 1 fully saturated rings. The lowest BCUT2D eigenvalue weighted by atomic mass is 9.98. The van der Waals surface area contributed by atoms with Gasteiger partial charge in [-0.3, -0.25) is 4.79 Å². The molecule has 33 heavy (non-hydrogen) atoms. The average molecular weight is 451 g/mol. The number of carboxylic acid groups (broad SMARTS) is 1. The molecule has 174 valence electrons. The summed E-state index contributed by atoms with van der Waals surface area (Å²) in [5.41, 5.74) is 4.65. The van der Waals surface area contributed by atoms with Crippen LogP contribution < -0.4 is 10.6 Å². The van der Waals surface area contributed by atoms with Gasteiger partial charge in [-0.2, -0.15) is 0 Å². The van der Waals surface area contributed by atoms with Crippen LogP contribution in [0.3, 0.4) is 0 Å². The lowest BCUT2D eigenvalue weighted by molar-refractivity contribution is -0.143. The molecule has 0 aliphatic heterocycles. The number of carbonyl (C=O) groups is 3. The Bertz CT molecular complexity index is 1010. The first-order valence-electron chi connectivity index (χ1n) is 11.5. The summed E-state index contributed by atoms with van der Waals surface area (Å²) in [7, 11) is 0. The minimum absolute atomic E-state index is 0.00291. The predicted octanol–water partition coefficient (Wildman–Crippen LogP) is 3.78. The molecule has 1 saturated carbocycles. The molecule has 7 nitrogen and oxygen atoms in total. The van der Waals surface area contributed by atoms with E-state index >= 15 is 0 Å². The fourth-order valence-corrected chi connectivity index (χ4v) is 4.60. The van der Waals surface area contributed by atoms with Gasteiger partial charge in [0.2, 0.25) is 5.91 Å². The standard InChI is InChI=1S/C26H30N2O5/c1-3-15(2)23(25(30)31)28-24(29)21-12-16(21)13-27-26(32)33-14-22-19-10-6-4-8-17(19)18-9-5-7-11-20(18)22/h4-11,15-16,21-23H,3,12-14H2,1-2H3,(H,27,32)(H,28,29)(H,30,31)/t15?,16?,21?,23-/m0/s1. The van der Waals surface area contributed by atoms with Gasteiger partial charge in [0.15, 0.2) is 0 Å². The topological polar surface area (TPSA) is 105 Å². The largest absolute Gasteiger partial charge is 0.480 e. The third-order valence-corrected chi connectivity index (χ3v) is 6.89. The van der Waals surface area contributed by atoms with Crippen LogP contribution in [0.5, 0.6) is 0 Å². The first-order chi connectivity index (χ1) is 15.9. The lowest BCUT2D eigenvalue weighted by Gasteiger charge is -2.20. The molecule has 0 spiro atoms. The van der Waals surface area contributed by atoms with Crippen LogP contribution in [0.25, 0.3) is 11.1 Å². The molecule has 3 unspecified atom stereocenters. The van der Waals surface area contributed by atoms with E-state index in [1.165, 1.54) is 11.1 Å². The van der Waals surface area contributed by atoms with E-state index in [1.807, 2.05) is 38.1 Å². The number of carboxylic acids is 1. The molecule has 7 heteroatoms. The highest BCUT2D eigenvalue weighted by Crippen LogP contribution is 2.44. The maximum Gasteiger partial charge on any atom is 0.407 e. The van der Waals surface area contributed by atoms with Gasteiger partial charge < -0.3 is 20.5 Å². The maximum absolute atomic E-state index is 12.4. The number of alkyl carbamates (subject to hydrolysis) is 1. The fourth-order valence-electron chi connectivity index (χ4n) is 4.60. The number of aliphatic carboxylic acids is 1. The van der Waals surface area contributed by atoms with E-state index in [-0.39, 0.29) is 36.2 Å². The van der Waals surface area contributed by atoms with Crippen LogP contribution in [-0.4, -0.2) is 42.3 Å². The second-order valence-corrected chi connectivity index (χ2v) is 9.02. The summed E-state index contributed by atoms with van der Waals surface area (Å²) in [6.07, 6.45) is 0.780. The van der Waals surface area contributed by atoms with Crippen molar-refractivity contribution in [2.75, 3.05) is 13.2 Å². The highest BCUT2D eigenvalue weighted by atomic mass is 16.5. The molecule has 2 aromatic rings. The van der Waals surface area contributed by atoms with Gasteiger partial charge in [-0.25, -0.2) is 9.59 Å². The number of ether oxygens (including phenoxy) is 1. The molecule has 0 heterocycles. The van der Waals surface area contributed by atoms with Gasteiger partial charge >= 0.3 is 12.1 Å². The van der Waals surface area contributed by atoms with Crippen LogP contribution in [0, 0.1) is 17.8 Å². The van der Waals surface area contributed by atoms with Crippen molar-refractivity contribution >= 4 is 18.0 Å². The number of benzene rings is 2. The molecule has 4 rings (SSSR count). The van der Waals surface area contributed by atoms with Crippen molar-refractivity contribution in [3.8, 4) is 11.1 Å². The number of amides is 2. The van der Waals surface area contributed by atoms with Gasteiger partial charge in [0.05, 0.1) is 0 Å². The number of hydrogen-bond donors (Lipinski definition) is 3. The van der Waals surface area contributed by atoms with Gasteiger partial charge in [-0.1, -0.05) is 68.8 Å². The number of fused-ring (bicyclic) bond motifs is 3. The van der Waals surface area contributed by atoms with Crippen molar-refractivity contribution < 1.29 is 24.2 Å². The molecule has 2 aliphatic rings. The number of nitrogens with one attached hydrogen (secondary N) is 2. The van der Waals surface area contributed by atoms with Gasteiger partial charge in [0, 0.05) is 18.4 Å². The second-order valence-electron chi connectivity index (χ2n) is 9.02. The Balaban J connectivity index is 1.25. The Morgan fingerprint density at radius 3 is 2.24 bits per heavy atom. The predicted molar refractivity (Wildman–Crippen MR) is 124 cm³/mol. The smallest absolute Gasteiger partial charge is 0.407 e. The lowest BCUT2D eigenvalue weighted by Crippen LogP contribution is -2.46.